The van der Waals surface area contributed by atoms with E-state index in [0.29, 0.717) is 17.9 Å². The average Bonchev–Trinajstić information content (AvgIpc) is 3.42. The summed E-state index contributed by atoms with van der Waals surface area (Å²) in [6.07, 6.45) is 11.8. The molecule has 26 heavy (non-hydrogen) atoms. The van der Waals surface area contributed by atoms with Gasteiger partial charge in [0, 0.05) is 47.2 Å². The normalized spacial score (nSPS) is 25.6. The van der Waals surface area contributed by atoms with Crippen LogP contribution in [0.15, 0.2) is 6.07 Å². The highest BCUT2D eigenvalue weighted by Gasteiger charge is 2.32. The first kappa shape index (κ1) is 22.1. The van der Waals surface area contributed by atoms with Gasteiger partial charge in [0.2, 0.25) is 0 Å². The van der Waals surface area contributed by atoms with Crippen LogP contribution in [0.5, 0.6) is 0 Å². The molecule has 0 unspecified atom stereocenters. The Morgan fingerprint density at radius 3 is 2.38 bits per heavy atom. The van der Waals surface area contributed by atoms with Crippen molar-refractivity contribution in [3.8, 4) is 0 Å². The summed E-state index contributed by atoms with van der Waals surface area (Å²) in [5.41, 5.74) is 7.18. The minimum atomic E-state index is 0. The van der Waals surface area contributed by atoms with E-state index in [0.717, 1.165) is 36.3 Å². The lowest BCUT2D eigenvalue weighted by Crippen LogP contribution is -2.35. The Morgan fingerprint density at radius 1 is 1.00 bits per heavy atom. The van der Waals surface area contributed by atoms with Gasteiger partial charge in [0.25, 0.3) is 0 Å². The summed E-state index contributed by atoms with van der Waals surface area (Å²) in [4.78, 5) is 9.62. The van der Waals surface area contributed by atoms with Crippen LogP contribution < -0.4 is 11.1 Å². The van der Waals surface area contributed by atoms with Crippen molar-refractivity contribution < 1.29 is 0 Å². The second-order valence-corrected chi connectivity index (χ2v) is 9.20. The third-order valence-electron chi connectivity index (χ3n) is 5.61. The van der Waals surface area contributed by atoms with Crippen molar-refractivity contribution in [1.29, 1.82) is 0 Å². The zero-order chi connectivity index (χ0) is 16.4. The quantitative estimate of drug-likeness (QED) is 0.617. The Morgan fingerprint density at radius 2 is 1.73 bits per heavy atom. The summed E-state index contributed by atoms with van der Waals surface area (Å²) in [7, 11) is 0. The van der Waals surface area contributed by atoms with Gasteiger partial charge < -0.3 is 11.1 Å². The number of nitrogens with zero attached hydrogens (tertiary/aromatic N) is 2. The first-order valence-corrected chi connectivity index (χ1v) is 10.8. The minimum Gasteiger partial charge on any atom is -0.369 e. The number of aromatic nitrogens is 2. The van der Waals surface area contributed by atoms with Gasteiger partial charge in [-0.05, 0) is 38.5 Å². The molecule has 3 aliphatic rings. The zero-order valence-corrected chi connectivity index (χ0v) is 17.8. The molecule has 0 saturated heterocycles. The maximum atomic E-state index is 5.96. The van der Waals surface area contributed by atoms with Gasteiger partial charge in [-0.25, -0.2) is 9.97 Å². The number of hydrogen-bond acceptors (Lipinski definition) is 5. The van der Waals surface area contributed by atoms with E-state index in [9.17, 15) is 0 Å². The molecule has 4 rings (SSSR count). The summed E-state index contributed by atoms with van der Waals surface area (Å²) < 4.78 is 0. The van der Waals surface area contributed by atoms with Crippen LogP contribution in [0.1, 0.15) is 81.1 Å². The Bertz CT molecular complexity index is 558. The monoisotopic (exact) mass is 418 g/mol. The van der Waals surface area contributed by atoms with Crippen LogP contribution in [-0.4, -0.2) is 33.6 Å². The van der Waals surface area contributed by atoms with Crippen LogP contribution in [0.25, 0.3) is 0 Å². The van der Waals surface area contributed by atoms with E-state index in [4.69, 9.17) is 15.7 Å². The predicted octanol–water partition coefficient (Wildman–Crippen LogP) is 4.88. The molecule has 4 nitrogen and oxygen atoms in total. The van der Waals surface area contributed by atoms with Gasteiger partial charge in [-0.15, -0.1) is 24.8 Å². The molecular weight excluding hydrogens is 387 g/mol. The highest BCUT2D eigenvalue weighted by Crippen LogP contribution is 2.41. The first-order chi connectivity index (χ1) is 11.8. The van der Waals surface area contributed by atoms with Crippen molar-refractivity contribution in [1.82, 2.24) is 9.97 Å². The highest BCUT2D eigenvalue weighted by atomic mass is 35.5. The van der Waals surface area contributed by atoms with Gasteiger partial charge in [0.05, 0.1) is 0 Å². The van der Waals surface area contributed by atoms with Gasteiger partial charge in [0.15, 0.2) is 0 Å². The lowest BCUT2D eigenvalue weighted by molar-refractivity contribution is 0.344. The van der Waals surface area contributed by atoms with Crippen LogP contribution in [0.4, 0.5) is 5.82 Å². The van der Waals surface area contributed by atoms with Gasteiger partial charge in [-0.1, -0.05) is 19.3 Å². The standard InChI is InChI=1S/C19H30N4S.2ClH/c20-15-10-14(11-15)17-12-18(23-19(22-17)13-6-7-13)21-8-9-24-16-4-2-1-3-5-16;;/h12-16H,1-11,20H2,(H,21,22,23);2*1H. The molecule has 148 valence electrons. The van der Waals surface area contributed by atoms with Gasteiger partial charge in [-0.3, -0.25) is 0 Å². The molecule has 3 N–H and O–H groups in total. The molecule has 0 spiro atoms. The van der Waals surface area contributed by atoms with Gasteiger partial charge in [0.1, 0.15) is 11.6 Å². The fourth-order valence-electron chi connectivity index (χ4n) is 3.85. The lowest BCUT2D eigenvalue weighted by atomic mass is 9.78. The van der Waals surface area contributed by atoms with Crippen LogP contribution in [0, 0.1) is 0 Å². The van der Waals surface area contributed by atoms with Gasteiger partial charge in [-0.2, -0.15) is 11.8 Å². The third kappa shape index (κ3) is 5.88. The van der Waals surface area contributed by atoms with Gasteiger partial charge >= 0.3 is 0 Å². The number of nitrogens with two attached hydrogens (primary N) is 1. The SMILES string of the molecule is Cl.Cl.NC1CC(c2cc(NCCSC3CCCCC3)nc(C3CC3)n2)C1. The third-order valence-corrected chi connectivity index (χ3v) is 7.00. The van der Waals surface area contributed by atoms with Crippen molar-refractivity contribution in [2.75, 3.05) is 17.6 Å². The van der Waals surface area contributed by atoms with E-state index >= 15 is 0 Å². The first-order valence-electron chi connectivity index (χ1n) is 9.78. The molecule has 3 saturated carbocycles. The van der Waals surface area contributed by atoms with Crippen molar-refractivity contribution in [2.45, 2.75) is 80.9 Å². The Hall–Kier alpha value is -0.230. The molecule has 0 aromatic carbocycles. The molecule has 0 atom stereocenters. The Balaban J connectivity index is 0.00000121. The molecule has 0 radical (unpaired) electrons. The Labute approximate surface area is 174 Å². The molecule has 0 amide bonds. The number of halogens is 2. The second kappa shape index (κ2) is 10.4. The smallest absolute Gasteiger partial charge is 0.134 e. The summed E-state index contributed by atoms with van der Waals surface area (Å²) in [6, 6.07) is 2.55. The van der Waals surface area contributed by atoms with Crippen LogP contribution in [0.2, 0.25) is 0 Å². The minimum absolute atomic E-state index is 0. The number of rotatable bonds is 7. The number of anilines is 1. The van der Waals surface area contributed by atoms with Crippen molar-refractivity contribution in [3.63, 3.8) is 0 Å². The molecule has 0 bridgehead atoms. The van der Waals surface area contributed by atoms with Crippen LogP contribution in [0.3, 0.4) is 0 Å². The molecule has 7 heteroatoms. The molecule has 1 heterocycles. The summed E-state index contributed by atoms with van der Waals surface area (Å²) in [5.74, 6) is 4.44. The fourth-order valence-corrected chi connectivity index (χ4v) is 5.07. The second-order valence-electron chi connectivity index (χ2n) is 7.80. The molecule has 1 aromatic rings. The summed E-state index contributed by atoms with van der Waals surface area (Å²) in [6.45, 7) is 1.01. The van der Waals surface area contributed by atoms with Crippen molar-refractivity contribution >= 4 is 42.4 Å². The number of nitrogens with one attached hydrogen (secondary N) is 1. The van der Waals surface area contributed by atoms with Crippen molar-refractivity contribution in [2.24, 2.45) is 5.73 Å². The van der Waals surface area contributed by atoms with E-state index in [1.54, 1.807) is 0 Å². The summed E-state index contributed by atoms with van der Waals surface area (Å²) in [5, 5.41) is 4.45. The predicted molar refractivity (Wildman–Crippen MR) is 116 cm³/mol. The van der Waals surface area contributed by atoms with E-state index < -0.39 is 0 Å². The fraction of sp³-hybridized carbons (Fsp3) is 0.789. The number of thioether (sulfide) groups is 1. The van der Waals surface area contributed by atoms with E-state index in [-0.39, 0.29) is 24.8 Å². The van der Waals surface area contributed by atoms with E-state index in [1.165, 1.54) is 56.4 Å². The average molecular weight is 419 g/mol. The lowest BCUT2D eigenvalue weighted by Gasteiger charge is -2.32. The molecule has 1 aromatic heterocycles. The topological polar surface area (TPSA) is 63.8 Å². The summed E-state index contributed by atoms with van der Waals surface area (Å²) >= 11 is 2.14. The van der Waals surface area contributed by atoms with E-state index in [2.05, 4.69) is 23.1 Å². The maximum Gasteiger partial charge on any atom is 0.134 e. The largest absolute Gasteiger partial charge is 0.369 e. The highest BCUT2D eigenvalue weighted by molar-refractivity contribution is 7.99. The van der Waals surface area contributed by atoms with E-state index in [1.807, 2.05) is 0 Å². The Kier molecular flexibility index (Phi) is 8.78. The molecular formula is C19H32Cl2N4S. The number of hydrogen-bond donors (Lipinski definition) is 2. The van der Waals surface area contributed by atoms with Crippen LogP contribution >= 0.6 is 36.6 Å². The molecule has 3 aliphatic carbocycles. The zero-order valence-electron chi connectivity index (χ0n) is 15.4. The molecule has 0 aliphatic heterocycles. The van der Waals surface area contributed by atoms with Crippen LogP contribution in [-0.2, 0) is 0 Å². The van der Waals surface area contributed by atoms with Crippen molar-refractivity contribution in [3.05, 3.63) is 17.6 Å². The molecule has 3 fully saturated rings. The maximum absolute atomic E-state index is 5.96.